The molecule has 1 atom stereocenters. The molecular formula is C19H24N2O4S2. The Morgan fingerprint density at radius 1 is 1.22 bits per heavy atom. The van der Waals surface area contributed by atoms with Crippen LogP contribution in [0.5, 0.6) is 0 Å². The van der Waals surface area contributed by atoms with E-state index in [1.807, 2.05) is 6.92 Å². The summed E-state index contributed by atoms with van der Waals surface area (Å²) in [6, 6.07) is 6.57. The third-order valence-electron chi connectivity index (χ3n) is 4.25. The van der Waals surface area contributed by atoms with Gasteiger partial charge in [0.15, 0.2) is 0 Å². The SMILES string of the molecule is CCC1SC(=S)N(CCCCCC(=O)Nc2ccc(C(=O)OC)cc2)C1=O. The van der Waals surface area contributed by atoms with E-state index in [2.05, 4.69) is 10.1 Å². The minimum atomic E-state index is -0.410. The molecule has 1 unspecified atom stereocenters. The van der Waals surface area contributed by atoms with Crippen molar-refractivity contribution in [2.75, 3.05) is 19.0 Å². The smallest absolute Gasteiger partial charge is 0.337 e. The van der Waals surface area contributed by atoms with Gasteiger partial charge in [0.1, 0.15) is 4.32 Å². The first-order valence-corrected chi connectivity index (χ1v) is 10.2. The number of thioether (sulfide) groups is 1. The van der Waals surface area contributed by atoms with Gasteiger partial charge in [-0.3, -0.25) is 14.5 Å². The fraction of sp³-hybridized carbons (Fsp3) is 0.474. The van der Waals surface area contributed by atoms with Crippen molar-refractivity contribution in [1.82, 2.24) is 4.90 Å². The second-order valence-corrected chi connectivity index (χ2v) is 8.03. The topological polar surface area (TPSA) is 75.7 Å². The maximum Gasteiger partial charge on any atom is 0.337 e. The van der Waals surface area contributed by atoms with E-state index in [-0.39, 0.29) is 17.1 Å². The molecule has 0 saturated carbocycles. The molecular weight excluding hydrogens is 384 g/mol. The van der Waals surface area contributed by atoms with Crippen molar-refractivity contribution in [2.45, 2.75) is 44.3 Å². The van der Waals surface area contributed by atoms with E-state index < -0.39 is 5.97 Å². The van der Waals surface area contributed by atoms with E-state index in [0.717, 1.165) is 25.7 Å². The van der Waals surface area contributed by atoms with Crippen molar-refractivity contribution in [1.29, 1.82) is 0 Å². The van der Waals surface area contributed by atoms with Gasteiger partial charge >= 0.3 is 5.97 Å². The van der Waals surface area contributed by atoms with Gasteiger partial charge in [0.05, 0.1) is 17.9 Å². The van der Waals surface area contributed by atoms with E-state index in [0.29, 0.717) is 28.5 Å². The number of nitrogens with zero attached hydrogens (tertiary/aromatic N) is 1. The molecule has 0 bridgehead atoms. The number of rotatable bonds is 9. The lowest BCUT2D eigenvalue weighted by molar-refractivity contribution is -0.126. The van der Waals surface area contributed by atoms with Crippen LogP contribution < -0.4 is 5.32 Å². The average Bonchev–Trinajstić information content (AvgIpc) is 2.95. The summed E-state index contributed by atoms with van der Waals surface area (Å²) >= 11 is 6.73. The molecule has 8 heteroatoms. The molecule has 0 radical (unpaired) electrons. The number of thiocarbonyl (C=S) groups is 1. The van der Waals surface area contributed by atoms with Crippen molar-refractivity contribution < 1.29 is 19.1 Å². The molecule has 2 rings (SSSR count). The molecule has 27 heavy (non-hydrogen) atoms. The van der Waals surface area contributed by atoms with Gasteiger partial charge in [-0.1, -0.05) is 37.3 Å². The highest BCUT2D eigenvalue weighted by Crippen LogP contribution is 2.29. The van der Waals surface area contributed by atoms with Gasteiger partial charge in [-0.25, -0.2) is 4.79 Å². The van der Waals surface area contributed by atoms with Gasteiger partial charge in [0.2, 0.25) is 11.8 Å². The Morgan fingerprint density at radius 3 is 2.52 bits per heavy atom. The van der Waals surface area contributed by atoms with Gasteiger partial charge < -0.3 is 10.1 Å². The summed E-state index contributed by atoms with van der Waals surface area (Å²) in [5.41, 5.74) is 1.08. The largest absolute Gasteiger partial charge is 0.465 e. The summed E-state index contributed by atoms with van der Waals surface area (Å²) in [5.74, 6) is -0.372. The van der Waals surface area contributed by atoms with Crippen molar-refractivity contribution in [3.63, 3.8) is 0 Å². The highest BCUT2D eigenvalue weighted by molar-refractivity contribution is 8.24. The van der Waals surface area contributed by atoms with Crippen LogP contribution in [0.3, 0.4) is 0 Å². The van der Waals surface area contributed by atoms with Crippen molar-refractivity contribution in [3.8, 4) is 0 Å². The first kappa shape index (κ1) is 21.4. The number of amides is 2. The van der Waals surface area contributed by atoms with E-state index in [1.54, 1.807) is 29.2 Å². The number of carbonyl (C=O) groups excluding carboxylic acids is 3. The summed E-state index contributed by atoms with van der Waals surface area (Å²) in [6.45, 7) is 2.61. The number of hydrogen-bond acceptors (Lipinski definition) is 6. The zero-order chi connectivity index (χ0) is 19.8. The molecule has 1 aliphatic heterocycles. The molecule has 0 spiro atoms. The lowest BCUT2D eigenvalue weighted by atomic mass is 10.1. The van der Waals surface area contributed by atoms with Crippen LogP contribution in [-0.4, -0.2) is 45.9 Å². The quantitative estimate of drug-likeness (QED) is 0.382. The molecule has 1 aromatic carbocycles. The maximum atomic E-state index is 12.1. The number of esters is 1. The number of unbranched alkanes of at least 4 members (excludes halogenated alkanes) is 2. The van der Waals surface area contributed by atoms with Crippen LogP contribution in [0.4, 0.5) is 5.69 Å². The van der Waals surface area contributed by atoms with Crippen molar-refractivity contribution in [2.24, 2.45) is 0 Å². The number of methoxy groups -OCH3 is 1. The minimum absolute atomic E-state index is 0.0335. The molecule has 6 nitrogen and oxygen atoms in total. The molecule has 0 aliphatic carbocycles. The number of nitrogens with one attached hydrogen (secondary N) is 1. The summed E-state index contributed by atoms with van der Waals surface area (Å²) in [6.07, 6.45) is 3.61. The molecule has 2 amide bonds. The maximum absolute atomic E-state index is 12.1. The van der Waals surface area contributed by atoms with Crippen molar-refractivity contribution in [3.05, 3.63) is 29.8 Å². The van der Waals surface area contributed by atoms with E-state index >= 15 is 0 Å². The Bertz CT molecular complexity index is 706. The van der Waals surface area contributed by atoms with Crippen LogP contribution in [0.1, 0.15) is 49.4 Å². The summed E-state index contributed by atoms with van der Waals surface area (Å²) in [5, 5.41) is 2.77. The Kier molecular flexibility index (Phi) is 8.24. The highest BCUT2D eigenvalue weighted by Gasteiger charge is 2.34. The van der Waals surface area contributed by atoms with Crippen LogP contribution in [0, 0.1) is 0 Å². The fourth-order valence-corrected chi connectivity index (χ4v) is 4.20. The van der Waals surface area contributed by atoms with Gasteiger partial charge in [-0.2, -0.15) is 0 Å². The molecule has 1 aromatic rings. The Balaban J connectivity index is 1.66. The van der Waals surface area contributed by atoms with E-state index in [9.17, 15) is 14.4 Å². The fourth-order valence-electron chi connectivity index (χ4n) is 2.72. The number of carbonyl (C=O) groups is 3. The lowest BCUT2D eigenvalue weighted by Crippen LogP contribution is -2.32. The van der Waals surface area contributed by atoms with E-state index in [1.165, 1.54) is 18.9 Å². The molecule has 1 fully saturated rings. The zero-order valence-electron chi connectivity index (χ0n) is 15.5. The van der Waals surface area contributed by atoms with Crippen LogP contribution in [0.2, 0.25) is 0 Å². The lowest BCUT2D eigenvalue weighted by Gasteiger charge is -2.15. The molecule has 0 aromatic heterocycles. The third kappa shape index (κ3) is 6.04. The van der Waals surface area contributed by atoms with Crippen LogP contribution in [0.15, 0.2) is 24.3 Å². The van der Waals surface area contributed by atoms with Gasteiger partial charge in [-0.05, 0) is 43.5 Å². The predicted molar refractivity (Wildman–Crippen MR) is 111 cm³/mol. The summed E-state index contributed by atoms with van der Waals surface area (Å²) in [7, 11) is 1.33. The standard InChI is InChI=1S/C19H24N2O4S2/c1-3-15-17(23)21(19(26)27-15)12-6-4-5-7-16(22)20-14-10-8-13(9-11-14)18(24)25-2/h8-11,15H,3-7,12H2,1-2H3,(H,20,22). The number of ether oxygens (including phenoxy) is 1. The molecule has 1 N–H and O–H groups in total. The average molecular weight is 409 g/mol. The van der Waals surface area contributed by atoms with Gasteiger partial charge in [-0.15, -0.1) is 0 Å². The second-order valence-electron chi connectivity index (χ2n) is 6.20. The van der Waals surface area contributed by atoms with Crippen molar-refractivity contribution >= 4 is 51.8 Å². The zero-order valence-corrected chi connectivity index (χ0v) is 17.2. The third-order valence-corrected chi connectivity index (χ3v) is 6.00. The Hall–Kier alpha value is -1.93. The Morgan fingerprint density at radius 2 is 1.93 bits per heavy atom. The monoisotopic (exact) mass is 408 g/mol. The van der Waals surface area contributed by atoms with Gasteiger partial charge in [0, 0.05) is 18.7 Å². The van der Waals surface area contributed by atoms with E-state index in [4.69, 9.17) is 12.2 Å². The first-order chi connectivity index (χ1) is 13.0. The molecule has 1 aliphatic rings. The Labute approximate surface area is 169 Å². The van der Waals surface area contributed by atoms with Crippen LogP contribution in [0.25, 0.3) is 0 Å². The highest BCUT2D eigenvalue weighted by atomic mass is 32.2. The summed E-state index contributed by atoms with van der Waals surface area (Å²) in [4.78, 5) is 37.2. The number of benzene rings is 1. The first-order valence-electron chi connectivity index (χ1n) is 8.96. The van der Waals surface area contributed by atoms with Gasteiger partial charge in [0.25, 0.3) is 0 Å². The predicted octanol–water partition coefficient (Wildman–Crippen LogP) is 3.61. The summed E-state index contributed by atoms with van der Waals surface area (Å²) < 4.78 is 5.30. The molecule has 1 heterocycles. The minimum Gasteiger partial charge on any atom is -0.465 e. The normalized spacial score (nSPS) is 16.5. The number of hydrogen-bond donors (Lipinski definition) is 1. The van der Waals surface area contributed by atoms with Crippen LogP contribution in [-0.2, 0) is 14.3 Å². The second kappa shape index (κ2) is 10.4. The van der Waals surface area contributed by atoms with Crippen LogP contribution >= 0.6 is 24.0 Å². The molecule has 1 saturated heterocycles. The molecule has 146 valence electrons. The number of anilines is 1.